The topological polar surface area (TPSA) is 13.1 Å². The summed E-state index contributed by atoms with van der Waals surface area (Å²) >= 11 is 0. The van der Waals surface area contributed by atoms with Gasteiger partial charge in [-0.25, -0.2) is 0 Å². The minimum absolute atomic E-state index is 0.104. The lowest BCUT2D eigenvalue weighted by Gasteiger charge is -2.22. The number of hydrogen-bond acceptors (Lipinski definition) is 1. The summed E-state index contributed by atoms with van der Waals surface area (Å²) in [5.74, 6) is 0. The van der Waals surface area contributed by atoms with Gasteiger partial charge >= 0.3 is 0 Å². The fourth-order valence-corrected chi connectivity index (χ4v) is 9.22. The Balaban J connectivity index is 1.13. The summed E-state index contributed by atoms with van der Waals surface area (Å²) in [7, 11) is 0. The van der Waals surface area contributed by atoms with Gasteiger partial charge in [-0.15, -0.1) is 0 Å². The summed E-state index contributed by atoms with van der Waals surface area (Å²) in [6.45, 7) is 4.77. The number of hydrogen-bond donors (Lipinski definition) is 0. The summed E-state index contributed by atoms with van der Waals surface area (Å²) < 4.78 is 6.11. The van der Waals surface area contributed by atoms with Crippen LogP contribution in [-0.4, -0.2) is 0 Å². The van der Waals surface area contributed by atoms with Gasteiger partial charge in [-0.05, 0) is 106 Å². The zero-order valence-corrected chi connectivity index (χ0v) is 29.1. The number of benzene rings is 9. The van der Waals surface area contributed by atoms with Crippen LogP contribution in [0.2, 0.25) is 0 Å². The largest absolute Gasteiger partial charge is 0.456 e. The number of fused-ring (bicyclic) bond motifs is 10. The molecule has 0 aliphatic heterocycles. The minimum atomic E-state index is -0.104. The molecule has 0 radical (unpaired) electrons. The van der Waals surface area contributed by atoms with Crippen LogP contribution in [0.25, 0.3) is 98.8 Å². The summed E-state index contributed by atoms with van der Waals surface area (Å²) in [5.41, 5.74) is 14.8. The molecule has 10 aromatic rings. The molecular weight excluding hydrogens is 629 g/mol. The predicted molar refractivity (Wildman–Crippen MR) is 220 cm³/mol. The van der Waals surface area contributed by atoms with Crippen molar-refractivity contribution in [2.75, 3.05) is 0 Å². The van der Waals surface area contributed by atoms with Crippen LogP contribution in [0.5, 0.6) is 0 Å². The molecule has 1 aliphatic carbocycles. The molecule has 0 atom stereocenters. The summed E-state index contributed by atoms with van der Waals surface area (Å²) in [4.78, 5) is 0. The molecule has 0 saturated carbocycles. The van der Waals surface area contributed by atoms with E-state index in [1.807, 2.05) is 12.1 Å². The van der Waals surface area contributed by atoms with Crippen LogP contribution in [-0.2, 0) is 5.41 Å². The van der Waals surface area contributed by atoms with Gasteiger partial charge in [-0.2, -0.15) is 0 Å². The highest BCUT2D eigenvalue weighted by Gasteiger charge is 2.38. The Kier molecular flexibility index (Phi) is 6.08. The third-order valence-electron chi connectivity index (χ3n) is 11.7. The summed E-state index contributed by atoms with van der Waals surface area (Å²) in [6.07, 6.45) is 0. The van der Waals surface area contributed by atoms with Crippen LogP contribution in [0, 0.1) is 0 Å². The van der Waals surface area contributed by atoms with E-state index in [-0.39, 0.29) is 5.41 Å². The van der Waals surface area contributed by atoms with Crippen LogP contribution in [0.1, 0.15) is 25.0 Å². The van der Waals surface area contributed by atoms with E-state index in [2.05, 4.69) is 172 Å². The van der Waals surface area contributed by atoms with Gasteiger partial charge in [-0.1, -0.05) is 166 Å². The lowest BCUT2D eigenvalue weighted by atomic mass is 9.80. The number of rotatable bonds is 3. The Morgan fingerprint density at radius 3 is 1.63 bits per heavy atom. The molecule has 0 N–H and O–H groups in total. The SMILES string of the molecule is CC1(C)c2cccc(-c3c4ccccc4c(-c4ccc(-c5ccc6oc7ccccc7c6c5)cc4)c4ccccc34)c2-c2c1ccc1ccccc21. The molecule has 0 amide bonds. The zero-order chi connectivity index (χ0) is 34.6. The van der Waals surface area contributed by atoms with Gasteiger partial charge in [0.2, 0.25) is 0 Å². The monoisotopic (exact) mass is 662 g/mol. The zero-order valence-electron chi connectivity index (χ0n) is 29.1. The van der Waals surface area contributed by atoms with Crippen molar-refractivity contribution in [3.8, 4) is 44.5 Å². The fourth-order valence-electron chi connectivity index (χ4n) is 9.22. The van der Waals surface area contributed by atoms with Crippen LogP contribution in [0.3, 0.4) is 0 Å². The average molecular weight is 663 g/mol. The average Bonchev–Trinajstić information content (AvgIpc) is 3.68. The molecule has 0 saturated heterocycles. The maximum atomic E-state index is 6.11. The Labute approximate surface area is 302 Å². The fraction of sp³-hybridized carbons (Fsp3) is 0.0588. The Morgan fingerprint density at radius 2 is 0.904 bits per heavy atom. The lowest BCUT2D eigenvalue weighted by Crippen LogP contribution is -2.14. The Bertz CT molecular complexity index is 3030. The van der Waals surface area contributed by atoms with Crippen molar-refractivity contribution < 1.29 is 4.42 Å². The first-order valence-corrected chi connectivity index (χ1v) is 18.2. The second-order valence-corrected chi connectivity index (χ2v) is 14.8. The van der Waals surface area contributed by atoms with E-state index >= 15 is 0 Å². The van der Waals surface area contributed by atoms with Crippen molar-refractivity contribution in [1.82, 2.24) is 0 Å². The quantitative estimate of drug-likeness (QED) is 0.172. The van der Waals surface area contributed by atoms with Crippen molar-refractivity contribution in [2.45, 2.75) is 19.3 Å². The summed E-state index contributed by atoms with van der Waals surface area (Å²) in [6, 6.07) is 62.5. The van der Waals surface area contributed by atoms with E-state index in [1.54, 1.807) is 0 Å². The molecule has 1 aliphatic rings. The number of para-hydroxylation sites is 1. The van der Waals surface area contributed by atoms with Crippen LogP contribution < -0.4 is 0 Å². The minimum Gasteiger partial charge on any atom is -0.456 e. The highest BCUT2D eigenvalue weighted by molar-refractivity contribution is 6.23. The van der Waals surface area contributed by atoms with Crippen molar-refractivity contribution >= 4 is 54.3 Å². The third-order valence-corrected chi connectivity index (χ3v) is 11.7. The molecule has 0 bridgehead atoms. The molecule has 1 heteroatoms. The van der Waals surface area contributed by atoms with E-state index in [1.165, 1.54) is 88.0 Å². The smallest absolute Gasteiger partial charge is 0.135 e. The highest BCUT2D eigenvalue weighted by atomic mass is 16.3. The first kappa shape index (κ1) is 29.3. The van der Waals surface area contributed by atoms with Crippen LogP contribution in [0.4, 0.5) is 0 Å². The van der Waals surface area contributed by atoms with Crippen LogP contribution >= 0.6 is 0 Å². The van der Waals surface area contributed by atoms with Gasteiger partial charge in [0, 0.05) is 16.2 Å². The van der Waals surface area contributed by atoms with Gasteiger partial charge < -0.3 is 4.42 Å². The van der Waals surface area contributed by atoms with Gasteiger partial charge in [0.1, 0.15) is 11.2 Å². The van der Waals surface area contributed by atoms with Gasteiger partial charge in [0.05, 0.1) is 0 Å². The normalized spacial score (nSPS) is 13.3. The van der Waals surface area contributed by atoms with Crippen molar-refractivity contribution in [1.29, 1.82) is 0 Å². The van der Waals surface area contributed by atoms with E-state index in [9.17, 15) is 0 Å². The van der Waals surface area contributed by atoms with E-state index in [0.29, 0.717) is 0 Å². The number of furan rings is 1. The van der Waals surface area contributed by atoms with Crippen LogP contribution in [0.15, 0.2) is 174 Å². The Morgan fingerprint density at radius 1 is 0.346 bits per heavy atom. The standard InChI is InChI=1S/C51H34O/c1-51(2)43-20-11-19-41(50(43)49-35-13-4-3-12-32(35)26-28-44(49)51)48-39-17-7-5-15-37(39)47(38-16-6-8-18-40(38)48)33-24-22-31(23-25-33)34-27-29-46-42(30-34)36-14-9-10-21-45(36)52-46/h3-30H,1-2H3. The molecule has 52 heavy (non-hydrogen) atoms. The van der Waals surface area contributed by atoms with Crippen molar-refractivity contribution in [3.63, 3.8) is 0 Å². The molecule has 9 aromatic carbocycles. The van der Waals surface area contributed by atoms with Gasteiger partial charge in [-0.3, -0.25) is 0 Å². The van der Waals surface area contributed by atoms with E-state index in [4.69, 9.17) is 4.42 Å². The second-order valence-electron chi connectivity index (χ2n) is 14.8. The molecule has 0 unspecified atom stereocenters. The molecule has 0 fully saturated rings. The lowest BCUT2D eigenvalue weighted by molar-refractivity contribution is 0.661. The third kappa shape index (κ3) is 4.05. The van der Waals surface area contributed by atoms with Crippen molar-refractivity contribution in [2.24, 2.45) is 0 Å². The predicted octanol–water partition coefficient (Wildman–Crippen LogP) is 14.4. The molecular formula is C51H34O. The second kappa shape index (κ2) is 10.8. The molecule has 244 valence electrons. The van der Waals surface area contributed by atoms with Gasteiger partial charge in [0.25, 0.3) is 0 Å². The Hall–Kier alpha value is -6.44. The molecule has 1 heterocycles. The van der Waals surface area contributed by atoms with Gasteiger partial charge in [0.15, 0.2) is 0 Å². The van der Waals surface area contributed by atoms with E-state index in [0.717, 1.165) is 21.9 Å². The highest BCUT2D eigenvalue weighted by Crippen LogP contribution is 2.56. The first-order valence-electron chi connectivity index (χ1n) is 18.2. The van der Waals surface area contributed by atoms with E-state index < -0.39 is 0 Å². The molecule has 11 rings (SSSR count). The molecule has 1 nitrogen and oxygen atoms in total. The summed E-state index contributed by atoms with van der Waals surface area (Å²) in [5, 5.41) is 9.99. The first-order chi connectivity index (χ1) is 25.6. The maximum Gasteiger partial charge on any atom is 0.135 e. The maximum absolute atomic E-state index is 6.11. The molecule has 1 aromatic heterocycles. The molecule has 0 spiro atoms. The van der Waals surface area contributed by atoms with Crippen molar-refractivity contribution in [3.05, 3.63) is 181 Å².